The molecule has 1 aliphatic rings. The molecule has 2 aromatic rings. The highest BCUT2D eigenvalue weighted by molar-refractivity contribution is 5.94. The fourth-order valence-corrected chi connectivity index (χ4v) is 2.89. The first-order chi connectivity index (χ1) is 9.99. The van der Waals surface area contributed by atoms with E-state index in [2.05, 4.69) is 55.4 Å². The number of nitrogens with two attached hydrogens (primary N) is 1. The molecule has 0 unspecified atom stereocenters. The fraction of sp³-hybridized carbons (Fsp3) is 0.471. The molecule has 1 aromatic heterocycles. The van der Waals surface area contributed by atoms with Gasteiger partial charge in [0.15, 0.2) is 0 Å². The lowest BCUT2D eigenvalue weighted by molar-refractivity contribution is 0.572. The van der Waals surface area contributed by atoms with E-state index in [-0.39, 0.29) is 5.41 Å². The molecule has 4 heteroatoms. The Morgan fingerprint density at radius 1 is 1.14 bits per heavy atom. The molecule has 112 valence electrons. The first-order valence-corrected chi connectivity index (χ1v) is 7.66. The van der Waals surface area contributed by atoms with E-state index in [0.29, 0.717) is 0 Å². The molecule has 0 saturated carbocycles. The molecule has 4 nitrogen and oxygen atoms in total. The van der Waals surface area contributed by atoms with Gasteiger partial charge in [0.1, 0.15) is 0 Å². The number of anilines is 2. The summed E-state index contributed by atoms with van der Waals surface area (Å²) in [4.78, 5) is 7.24. The van der Waals surface area contributed by atoms with Crippen LogP contribution in [0, 0.1) is 0 Å². The summed E-state index contributed by atoms with van der Waals surface area (Å²) >= 11 is 0. The summed E-state index contributed by atoms with van der Waals surface area (Å²) in [6.45, 7) is 8.79. The number of hydrogen-bond donors (Lipinski definition) is 2. The largest absolute Gasteiger partial charge is 0.372 e. The highest BCUT2D eigenvalue weighted by Gasteiger charge is 2.19. The molecular formula is C17H24N4. The minimum absolute atomic E-state index is 0.00736. The zero-order chi connectivity index (χ0) is 15.0. The number of benzene rings is 1. The molecule has 0 spiro atoms. The Morgan fingerprint density at radius 3 is 2.48 bits per heavy atom. The number of hydrogen-bond acceptors (Lipinski definition) is 4. The second kappa shape index (κ2) is 5.19. The van der Waals surface area contributed by atoms with Crippen molar-refractivity contribution in [2.75, 3.05) is 23.4 Å². The number of aromatic nitrogens is 1. The minimum atomic E-state index is 0.00736. The van der Waals surface area contributed by atoms with Crippen LogP contribution in [-0.4, -0.2) is 18.1 Å². The zero-order valence-electron chi connectivity index (χ0n) is 13.1. The van der Waals surface area contributed by atoms with Crippen LogP contribution in [0.3, 0.4) is 0 Å². The number of fused-ring (bicyclic) bond motifs is 1. The maximum Gasteiger partial charge on any atom is 0.0728 e. The Hall–Kier alpha value is -1.81. The van der Waals surface area contributed by atoms with Crippen LogP contribution >= 0.6 is 0 Å². The normalized spacial score (nSPS) is 15.7. The van der Waals surface area contributed by atoms with Crippen molar-refractivity contribution in [1.82, 2.24) is 4.98 Å². The molecule has 3 rings (SSSR count). The third-order valence-electron chi connectivity index (χ3n) is 4.19. The summed E-state index contributed by atoms with van der Waals surface area (Å²) in [6, 6.07) is 8.55. The number of nitrogens with one attached hydrogen (secondary N) is 1. The third kappa shape index (κ3) is 2.68. The van der Waals surface area contributed by atoms with Crippen LogP contribution < -0.4 is 16.2 Å². The lowest BCUT2D eigenvalue weighted by Gasteiger charge is -2.22. The molecule has 21 heavy (non-hydrogen) atoms. The van der Waals surface area contributed by atoms with E-state index < -0.39 is 0 Å². The molecule has 3 N–H and O–H groups in total. The molecule has 1 aliphatic heterocycles. The average Bonchev–Trinajstić information content (AvgIpc) is 2.98. The quantitative estimate of drug-likeness (QED) is 0.655. The fourth-order valence-electron chi connectivity index (χ4n) is 2.89. The molecule has 0 aliphatic carbocycles. The summed E-state index contributed by atoms with van der Waals surface area (Å²) in [5.41, 5.74) is 7.12. The monoisotopic (exact) mass is 284 g/mol. The average molecular weight is 284 g/mol. The smallest absolute Gasteiger partial charge is 0.0728 e. The number of pyridine rings is 1. The van der Waals surface area contributed by atoms with Crippen molar-refractivity contribution >= 4 is 22.3 Å². The second-order valence-electron chi connectivity index (χ2n) is 6.85. The van der Waals surface area contributed by atoms with Crippen LogP contribution in [0.2, 0.25) is 0 Å². The molecular weight excluding hydrogens is 260 g/mol. The SMILES string of the molecule is CC(C)(C)c1cc(NN)c2cc(N3CCCC3)ccc2n1. The molecule has 0 radical (unpaired) electrons. The number of nitrogen functional groups attached to an aromatic ring is 1. The van der Waals surface area contributed by atoms with E-state index in [1.165, 1.54) is 18.5 Å². The lowest BCUT2D eigenvalue weighted by atomic mass is 9.90. The summed E-state index contributed by atoms with van der Waals surface area (Å²) in [5.74, 6) is 5.74. The van der Waals surface area contributed by atoms with Crippen LogP contribution in [0.5, 0.6) is 0 Å². The van der Waals surface area contributed by atoms with Crippen molar-refractivity contribution in [3.8, 4) is 0 Å². The summed E-state index contributed by atoms with van der Waals surface area (Å²) in [6.07, 6.45) is 2.56. The molecule has 1 saturated heterocycles. The van der Waals surface area contributed by atoms with E-state index in [9.17, 15) is 0 Å². The maximum absolute atomic E-state index is 5.74. The second-order valence-corrected chi connectivity index (χ2v) is 6.85. The van der Waals surface area contributed by atoms with Crippen molar-refractivity contribution in [3.63, 3.8) is 0 Å². The number of hydrazine groups is 1. The maximum atomic E-state index is 5.74. The summed E-state index contributed by atoms with van der Waals surface area (Å²) in [5, 5.41) is 1.09. The van der Waals surface area contributed by atoms with Gasteiger partial charge >= 0.3 is 0 Å². The van der Waals surface area contributed by atoms with Crippen LogP contribution in [0.1, 0.15) is 39.3 Å². The summed E-state index contributed by atoms with van der Waals surface area (Å²) in [7, 11) is 0. The lowest BCUT2D eigenvalue weighted by Crippen LogP contribution is -2.18. The van der Waals surface area contributed by atoms with Gasteiger partial charge in [0.2, 0.25) is 0 Å². The third-order valence-corrected chi connectivity index (χ3v) is 4.19. The molecule has 1 fully saturated rings. The first-order valence-electron chi connectivity index (χ1n) is 7.66. The van der Waals surface area contributed by atoms with Crippen LogP contribution in [0.4, 0.5) is 11.4 Å². The van der Waals surface area contributed by atoms with Crippen molar-refractivity contribution < 1.29 is 0 Å². The van der Waals surface area contributed by atoms with Gasteiger partial charge in [-0.1, -0.05) is 20.8 Å². The topological polar surface area (TPSA) is 54.2 Å². The van der Waals surface area contributed by atoms with Crippen molar-refractivity contribution in [3.05, 3.63) is 30.0 Å². The van der Waals surface area contributed by atoms with E-state index in [4.69, 9.17) is 10.8 Å². The van der Waals surface area contributed by atoms with Gasteiger partial charge in [-0.15, -0.1) is 0 Å². The van der Waals surface area contributed by atoms with Crippen LogP contribution in [-0.2, 0) is 5.41 Å². The van der Waals surface area contributed by atoms with Gasteiger partial charge in [-0.2, -0.15) is 0 Å². The van der Waals surface area contributed by atoms with Crippen LogP contribution in [0.25, 0.3) is 10.9 Å². The standard InChI is InChI=1S/C17H24N4/c1-17(2,3)16-11-15(20-18)13-10-12(6-7-14(13)19-16)21-8-4-5-9-21/h6-7,10-11H,4-5,8-9,18H2,1-3H3,(H,19,20). The number of nitrogens with zero attached hydrogens (tertiary/aromatic N) is 2. The van der Waals surface area contributed by atoms with Gasteiger partial charge in [0.25, 0.3) is 0 Å². The first kappa shape index (κ1) is 14.1. The van der Waals surface area contributed by atoms with Gasteiger partial charge in [-0.3, -0.25) is 10.8 Å². The molecule has 1 aromatic carbocycles. The Bertz CT molecular complexity index is 652. The van der Waals surface area contributed by atoms with E-state index in [1.807, 2.05) is 0 Å². The predicted molar refractivity (Wildman–Crippen MR) is 89.7 cm³/mol. The Balaban J connectivity index is 2.12. The number of rotatable bonds is 2. The molecule has 0 bridgehead atoms. The van der Waals surface area contributed by atoms with Gasteiger partial charge in [0.05, 0.1) is 11.2 Å². The molecule has 0 amide bonds. The summed E-state index contributed by atoms with van der Waals surface area (Å²) < 4.78 is 0. The minimum Gasteiger partial charge on any atom is -0.372 e. The Kier molecular flexibility index (Phi) is 3.49. The molecule has 0 atom stereocenters. The van der Waals surface area contributed by atoms with Crippen molar-refractivity contribution in [2.45, 2.75) is 39.0 Å². The van der Waals surface area contributed by atoms with E-state index in [1.54, 1.807) is 0 Å². The van der Waals surface area contributed by atoms with Crippen LogP contribution in [0.15, 0.2) is 24.3 Å². The highest BCUT2D eigenvalue weighted by atomic mass is 15.2. The van der Waals surface area contributed by atoms with Crippen molar-refractivity contribution in [2.24, 2.45) is 5.84 Å². The van der Waals surface area contributed by atoms with E-state index >= 15 is 0 Å². The van der Waals surface area contributed by atoms with Crippen molar-refractivity contribution in [1.29, 1.82) is 0 Å². The van der Waals surface area contributed by atoms with E-state index in [0.717, 1.165) is 35.4 Å². The van der Waals surface area contributed by atoms with Gasteiger partial charge in [-0.25, -0.2) is 0 Å². The Morgan fingerprint density at radius 2 is 1.86 bits per heavy atom. The van der Waals surface area contributed by atoms with Gasteiger partial charge in [-0.05, 0) is 37.1 Å². The predicted octanol–water partition coefficient (Wildman–Crippen LogP) is 3.42. The highest BCUT2D eigenvalue weighted by Crippen LogP contribution is 2.32. The Labute approximate surface area is 126 Å². The molecule has 2 heterocycles. The zero-order valence-corrected chi connectivity index (χ0v) is 13.1. The van der Waals surface area contributed by atoms with Gasteiger partial charge in [0, 0.05) is 35.3 Å². The van der Waals surface area contributed by atoms with Gasteiger partial charge < -0.3 is 10.3 Å².